The van der Waals surface area contributed by atoms with Crippen molar-refractivity contribution >= 4 is 5.82 Å². The molecule has 0 fully saturated rings. The van der Waals surface area contributed by atoms with Crippen molar-refractivity contribution in [1.29, 1.82) is 0 Å². The SMILES string of the molecule is CNc1cc(OCCOC(C)C)ncn1. The van der Waals surface area contributed by atoms with Crippen molar-refractivity contribution in [1.82, 2.24) is 9.97 Å². The Bertz CT molecular complexity index is 292. The lowest BCUT2D eigenvalue weighted by Crippen LogP contribution is -2.11. The van der Waals surface area contributed by atoms with Crippen LogP contribution < -0.4 is 10.1 Å². The molecule has 1 aromatic rings. The van der Waals surface area contributed by atoms with E-state index in [0.717, 1.165) is 5.82 Å². The predicted molar refractivity (Wildman–Crippen MR) is 58.2 cm³/mol. The lowest BCUT2D eigenvalue weighted by molar-refractivity contribution is 0.0542. The molecule has 0 aliphatic rings. The molecule has 0 spiro atoms. The number of rotatable bonds is 6. The van der Waals surface area contributed by atoms with Gasteiger partial charge >= 0.3 is 0 Å². The van der Waals surface area contributed by atoms with E-state index in [9.17, 15) is 0 Å². The average Bonchev–Trinajstić information content (AvgIpc) is 2.24. The van der Waals surface area contributed by atoms with Crippen LogP contribution in [0.5, 0.6) is 5.88 Å². The molecule has 0 unspecified atom stereocenters. The fraction of sp³-hybridized carbons (Fsp3) is 0.600. The van der Waals surface area contributed by atoms with Crippen LogP contribution in [0.2, 0.25) is 0 Å². The number of aromatic nitrogens is 2. The molecule has 84 valence electrons. The van der Waals surface area contributed by atoms with Gasteiger partial charge in [0.1, 0.15) is 18.8 Å². The molecular weight excluding hydrogens is 194 g/mol. The first-order valence-corrected chi connectivity index (χ1v) is 4.96. The van der Waals surface area contributed by atoms with E-state index in [-0.39, 0.29) is 6.10 Å². The summed E-state index contributed by atoms with van der Waals surface area (Å²) in [4.78, 5) is 7.96. The van der Waals surface area contributed by atoms with Crippen LogP contribution >= 0.6 is 0 Å². The Morgan fingerprint density at radius 3 is 2.80 bits per heavy atom. The van der Waals surface area contributed by atoms with Gasteiger partial charge in [-0.3, -0.25) is 0 Å². The molecular formula is C10H17N3O2. The van der Waals surface area contributed by atoms with E-state index < -0.39 is 0 Å². The van der Waals surface area contributed by atoms with Gasteiger partial charge in [-0.25, -0.2) is 9.97 Å². The Labute approximate surface area is 89.8 Å². The summed E-state index contributed by atoms with van der Waals surface area (Å²) in [5.74, 6) is 1.30. The Morgan fingerprint density at radius 1 is 1.33 bits per heavy atom. The molecule has 0 atom stereocenters. The quantitative estimate of drug-likeness (QED) is 0.719. The van der Waals surface area contributed by atoms with Crippen LogP contribution in [-0.2, 0) is 4.74 Å². The van der Waals surface area contributed by atoms with Crippen molar-refractivity contribution in [2.45, 2.75) is 20.0 Å². The normalized spacial score (nSPS) is 10.4. The molecule has 0 bridgehead atoms. The second-order valence-corrected chi connectivity index (χ2v) is 3.26. The third-order valence-corrected chi connectivity index (χ3v) is 1.68. The molecule has 0 radical (unpaired) electrons. The fourth-order valence-corrected chi connectivity index (χ4v) is 0.985. The van der Waals surface area contributed by atoms with E-state index >= 15 is 0 Å². The van der Waals surface area contributed by atoms with Gasteiger partial charge in [-0.05, 0) is 13.8 Å². The number of nitrogens with one attached hydrogen (secondary N) is 1. The van der Waals surface area contributed by atoms with Crippen LogP contribution in [0.3, 0.4) is 0 Å². The number of anilines is 1. The number of ether oxygens (including phenoxy) is 2. The first-order chi connectivity index (χ1) is 7.22. The van der Waals surface area contributed by atoms with Crippen molar-refractivity contribution in [3.8, 4) is 5.88 Å². The molecule has 0 saturated heterocycles. The van der Waals surface area contributed by atoms with E-state index in [1.54, 1.807) is 13.1 Å². The molecule has 0 aliphatic heterocycles. The van der Waals surface area contributed by atoms with E-state index in [2.05, 4.69) is 15.3 Å². The van der Waals surface area contributed by atoms with Gasteiger partial charge in [0.2, 0.25) is 5.88 Å². The zero-order chi connectivity index (χ0) is 11.1. The summed E-state index contributed by atoms with van der Waals surface area (Å²) in [6.07, 6.45) is 1.69. The van der Waals surface area contributed by atoms with E-state index in [1.807, 2.05) is 13.8 Å². The maximum Gasteiger partial charge on any atom is 0.218 e. The van der Waals surface area contributed by atoms with Crippen LogP contribution in [0, 0.1) is 0 Å². The van der Waals surface area contributed by atoms with Crippen LogP contribution in [0.4, 0.5) is 5.82 Å². The molecule has 0 aromatic carbocycles. The highest BCUT2D eigenvalue weighted by molar-refractivity contribution is 5.35. The molecule has 0 amide bonds. The molecule has 0 aliphatic carbocycles. The van der Waals surface area contributed by atoms with Gasteiger partial charge in [0.15, 0.2) is 0 Å². The number of hydrogen-bond donors (Lipinski definition) is 1. The molecule has 15 heavy (non-hydrogen) atoms. The molecule has 0 saturated carbocycles. The first kappa shape index (κ1) is 11.7. The molecule has 5 heteroatoms. The smallest absolute Gasteiger partial charge is 0.218 e. The summed E-state index contributed by atoms with van der Waals surface area (Å²) in [7, 11) is 1.80. The van der Waals surface area contributed by atoms with Gasteiger partial charge in [0.25, 0.3) is 0 Å². The van der Waals surface area contributed by atoms with Crippen LogP contribution in [0.25, 0.3) is 0 Å². The van der Waals surface area contributed by atoms with Crippen molar-refractivity contribution in [2.24, 2.45) is 0 Å². The molecule has 1 N–H and O–H groups in total. The minimum absolute atomic E-state index is 0.229. The minimum Gasteiger partial charge on any atom is -0.475 e. The number of nitrogens with zero attached hydrogens (tertiary/aromatic N) is 2. The Morgan fingerprint density at radius 2 is 2.13 bits per heavy atom. The topological polar surface area (TPSA) is 56.3 Å². The maximum atomic E-state index is 5.38. The van der Waals surface area contributed by atoms with Gasteiger partial charge in [0, 0.05) is 13.1 Å². The van der Waals surface area contributed by atoms with E-state index in [0.29, 0.717) is 19.1 Å². The van der Waals surface area contributed by atoms with Crippen molar-refractivity contribution in [2.75, 3.05) is 25.6 Å². The molecule has 1 heterocycles. The minimum atomic E-state index is 0.229. The lowest BCUT2D eigenvalue weighted by Gasteiger charge is -2.08. The first-order valence-electron chi connectivity index (χ1n) is 4.96. The highest BCUT2D eigenvalue weighted by Gasteiger charge is 1.98. The lowest BCUT2D eigenvalue weighted by atomic mass is 10.5. The summed E-state index contributed by atoms with van der Waals surface area (Å²) in [6.45, 7) is 5.04. The highest BCUT2D eigenvalue weighted by Crippen LogP contribution is 2.09. The van der Waals surface area contributed by atoms with Crippen molar-refractivity contribution < 1.29 is 9.47 Å². The standard InChI is InChI=1S/C10H17N3O2/c1-8(2)14-4-5-15-10-6-9(11-3)12-7-13-10/h6-8H,4-5H2,1-3H3,(H,11,12,13). The highest BCUT2D eigenvalue weighted by atomic mass is 16.5. The fourth-order valence-electron chi connectivity index (χ4n) is 0.985. The van der Waals surface area contributed by atoms with Gasteiger partial charge in [-0.1, -0.05) is 0 Å². The zero-order valence-corrected chi connectivity index (χ0v) is 9.36. The second kappa shape index (κ2) is 6.19. The predicted octanol–water partition coefficient (Wildman–Crippen LogP) is 1.32. The largest absolute Gasteiger partial charge is 0.475 e. The van der Waals surface area contributed by atoms with Gasteiger partial charge in [-0.15, -0.1) is 0 Å². The maximum absolute atomic E-state index is 5.38. The third-order valence-electron chi connectivity index (χ3n) is 1.68. The summed E-state index contributed by atoms with van der Waals surface area (Å²) in [6, 6.07) is 1.75. The summed E-state index contributed by atoms with van der Waals surface area (Å²) in [5.41, 5.74) is 0. The van der Waals surface area contributed by atoms with Crippen LogP contribution in [0.1, 0.15) is 13.8 Å². The molecule has 1 rings (SSSR count). The van der Waals surface area contributed by atoms with E-state index in [1.165, 1.54) is 6.33 Å². The molecule has 1 aromatic heterocycles. The Balaban J connectivity index is 2.30. The Kier molecular flexibility index (Phi) is 4.83. The van der Waals surface area contributed by atoms with Gasteiger partial charge in [0.05, 0.1) is 12.7 Å². The van der Waals surface area contributed by atoms with Crippen molar-refractivity contribution in [3.05, 3.63) is 12.4 Å². The van der Waals surface area contributed by atoms with Gasteiger partial charge < -0.3 is 14.8 Å². The summed E-state index contributed by atoms with van der Waals surface area (Å²) >= 11 is 0. The van der Waals surface area contributed by atoms with Crippen LogP contribution in [0.15, 0.2) is 12.4 Å². The third kappa shape index (κ3) is 4.60. The van der Waals surface area contributed by atoms with Crippen LogP contribution in [-0.4, -0.2) is 36.3 Å². The van der Waals surface area contributed by atoms with E-state index in [4.69, 9.17) is 9.47 Å². The van der Waals surface area contributed by atoms with Crippen molar-refractivity contribution in [3.63, 3.8) is 0 Å². The second-order valence-electron chi connectivity index (χ2n) is 3.26. The monoisotopic (exact) mass is 211 g/mol. The van der Waals surface area contributed by atoms with Gasteiger partial charge in [-0.2, -0.15) is 0 Å². The molecule has 5 nitrogen and oxygen atoms in total. The zero-order valence-electron chi connectivity index (χ0n) is 9.36. The summed E-state index contributed by atoms with van der Waals surface area (Å²) < 4.78 is 10.7. The average molecular weight is 211 g/mol. The summed E-state index contributed by atoms with van der Waals surface area (Å²) in [5, 5.41) is 2.91. The number of hydrogen-bond acceptors (Lipinski definition) is 5. The Hall–Kier alpha value is -1.36.